The molecule has 0 amide bonds. The van der Waals surface area contributed by atoms with Crippen molar-refractivity contribution < 1.29 is 8.42 Å². The van der Waals surface area contributed by atoms with E-state index in [9.17, 15) is 8.42 Å². The Bertz CT molecular complexity index is 521. The van der Waals surface area contributed by atoms with E-state index in [4.69, 9.17) is 0 Å². The van der Waals surface area contributed by atoms with Gasteiger partial charge in [-0.3, -0.25) is 4.90 Å². The highest BCUT2D eigenvalue weighted by Crippen LogP contribution is 2.27. The number of anilines is 1. The maximum absolute atomic E-state index is 11.4. The molecule has 0 heterocycles. The smallest absolute Gasteiger partial charge is 0.175 e. The molecule has 1 unspecified atom stereocenters. The lowest BCUT2D eigenvalue weighted by atomic mass is 10.2. The average molecular weight is 282 g/mol. The van der Waals surface area contributed by atoms with Crippen molar-refractivity contribution in [1.29, 1.82) is 0 Å². The Morgan fingerprint density at radius 3 is 2.37 bits per heavy atom. The molecule has 19 heavy (non-hydrogen) atoms. The van der Waals surface area contributed by atoms with Crippen LogP contribution in [0.1, 0.15) is 19.8 Å². The highest BCUT2D eigenvalue weighted by atomic mass is 32.2. The van der Waals surface area contributed by atoms with Crippen LogP contribution in [0.3, 0.4) is 0 Å². The van der Waals surface area contributed by atoms with Gasteiger partial charge in [-0.1, -0.05) is 0 Å². The SMILES string of the molecule is CC(CNc1ccc(S(C)(=O)=O)cc1)N(C)C1CC1. The van der Waals surface area contributed by atoms with Crippen molar-refractivity contribution in [2.24, 2.45) is 0 Å². The number of nitrogens with one attached hydrogen (secondary N) is 1. The van der Waals surface area contributed by atoms with E-state index in [0.717, 1.165) is 18.3 Å². The minimum absolute atomic E-state index is 0.362. The Kier molecular flexibility index (Phi) is 4.16. The lowest BCUT2D eigenvalue weighted by Crippen LogP contribution is -2.36. The van der Waals surface area contributed by atoms with Crippen molar-refractivity contribution in [2.75, 3.05) is 25.2 Å². The second kappa shape index (κ2) is 5.51. The summed E-state index contributed by atoms with van der Waals surface area (Å²) < 4.78 is 22.7. The summed E-state index contributed by atoms with van der Waals surface area (Å²) in [5.74, 6) is 0. The molecule has 1 fully saturated rings. The first kappa shape index (κ1) is 14.3. The van der Waals surface area contributed by atoms with Gasteiger partial charge in [0.2, 0.25) is 0 Å². The second-order valence-electron chi connectivity index (χ2n) is 5.42. The van der Waals surface area contributed by atoms with Crippen molar-refractivity contribution in [3.05, 3.63) is 24.3 Å². The topological polar surface area (TPSA) is 49.4 Å². The fraction of sp³-hybridized carbons (Fsp3) is 0.571. The Hall–Kier alpha value is -1.07. The zero-order valence-electron chi connectivity index (χ0n) is 11.8. The van der Waals surface area contributed by atoms with Crippen molar-refractivity contribution >= 4 is 15.5 Å². The van der Waals surface area contributed by atoms with Gasteiger partial charge in [0.15, 0.2) is 9.84 Å². The first-order valence-electron chi connectivity index (χ1n) is 6.64. The average Bonchev–Trinajstić information content (AvgIpc) is 3.18. The third-order valence-corrected chi connectivity index (χ3v) is 4.83. The zero-order chi connectivity index (χ0) is 14.0. The van der Waals surface area contributed by atoms with Crippen LogP contribution in [0.25, 0.3) is 0 Å². The van der Waals surface area contributed by atoms with E-state index in [1.807, 2.05) is 12.1 Å². The predicted molar refractivity (Wildman–Crippen MR) is 78.3 cm³/mol. The molecule has 0 spiro atoms. The lowest BCUT2D eigenvalue weighted by Gasteiger charge is -2.25. The molecule has 0 aromatic heterocycles. The molecular weight excluding hydrogens is 260 g/mol. The molecule has 0 saturated heterocycles. The van der Waals surface area contributed by atoms with Gasteiger partial charge in [0.05, 0.1) is 4.90 Å². The quantitative estimate of drug-likeness (QED) is 0.867. The molecule has 0 bridgehead atoms. The van der Waals surface area contributed by atoms with Gasteiger partial charge in [0.25, 0.3) is 0 Å². The molecule has 1 saturated carbocycles. The third-order valence-electron chi connectivity index (χ3n) is 3.70. The van der Waals surface area contributed by atoms with Gasteiger partial charge >= 0.3 is 0 Å². The highest BCUT2D eigenvalue weighted by Gasteiger charge is 2.28. The van der Waals surface area contributed by atoms with E-state index in [2.05, 4.69) is 24.2 Å². The summed E-state index contributed by atoms with van der Waals surface area (Å²) in [5.41, 5.74) is 0.962. The molecule has 4 nitrogen and oxygen atoms in total. The fourth-order valence-corrected chi connectivity index (χ4v) is 2.70. The van der Waals surface area contributed by atoms with Crippen LogP contribution in [0.2, 0.25) is 0 Å². The van der Waals surface area contributed by atoms with E-state index in [0.29, 0.717) is 10.9 Å². The molecule has 1 atom stereocenters. The van der Waals surface area contributed by atoms with Crippen molar-refractivity contribution in [3.8, 4) is 0 Å². The largest absolute Gasteiger partial charge is 0.383 e. The molecular formula is C14H22N2O2S. The van der Waals surface area contributed by atoms with Crippen molar-refractivity contribution in [3.63, 3.8) is 0 Å². The first-order chi connectivity index (χ1) is 8.88. The van der Waals surface area contributed by atoms with E-state index in [-0.39, 0.29) is 0 Å². The van der Waals surface area contributed by atoms with Crippen LogP contribution in [0, 0.1) is 0 Å². The number of likely N-dealkylation sites (N-methyl/N-ethyl adjacent to an activating group) is 1. The number of benzene rings is 1. The summed E-state index contributed by atoms with van der Waals surface area (Å²) in [5, 5.41) is 3.35. The maximum Gasteiger partial charge on any atom is 0.175 e. The number of hydrogen-bond donors (Lipinski definition) is 1. The van der Waals surface area contributed by atoms with Gasteiger partial charge in [0, 0.05) is 30.6 Å². The third kappa shape index (κ3) is 3.94. The molecule has 1 aliphatic rings. The molecule has 1 aliphatic carbocycles. The van der Waals surface area contributed by atoms with Gasteiger partial charge in [0.1, 0.15) is 0 Å². The first-order valence-corrected chi connectivity index (χ1v) is 8.53. The van der Waals surface area contributed by atoms with Gasteiger partial charge in [-0.25, -0.2) is 8.42 Å². The van der Waals surface area contributed by atoms with Crippen LogP contribution < -0.4 is 5.32 Å². The van der Waals surface area contributed by atoms with Gasteiger partial charge in [-0.2, -0.15) is 0 Å². The lowest BCUT2D eigenvalue weighted by molar-refractivity contribution is 0.257. The summed E-state index contributed by atoms with van der Waals surface area (Å²) in [6.45, 7) is 3.07. The van der Waals surface area contributed by atoms with Crippen molar-refractivity contribution in [2.45, 2.75) is 36.7 Å². The molecule has 5 heteroatoms. The molecule has 2 rings (SSSR count). The number of rotatable bonds is 6. The normalized spacial score (nSPS) is 17.5. The van der Waals surface area contributed by atoms with E-state index < -0.39 is 9.84 Å². The fourth-order valence-electron chi connectivity index (χ4n) is 2.07. The van der Waals surface area contributed by atoms with Crippen LogP contribution in [0.5, 0.6) is 0 Å². The molecule has 1 aromatic rings. The minimum Gasteiger partial charge on any atom is -0.383 e. The summed E-state index contributed by atoms with van der Waals surface area (Å²) in [4.78, 5) is 2.76. The molecule has 0 radical (unpaired) electrons. The number of hydrogen-bond acceptors (Lipinski definition) is 4. The van der Waals surface area contributed by atoms with Gasteiger partial charge in [-0.05, 0) is 51.1 Å². The van der Waals surface area contributed by atoms with Crippen LogP contribution in [0.4, 0.5) is 5.69 Å². The summed E-state index contributed by atoms with van der Waals surface area (Å²) in [6.07, 6.45) is 3.84. The summed E-state index contributed by atoms with van der Waals surface area (Å²) in [7, 11) is -0.940. The van der Waals surface area contributed by atoms with Gasteiger partial charge < -0.3 is 5.32 Å². The predicted octanol–water partition coefficient (Wildman–Crippen LogP) is 1.98. The van der Waals surface area contributed by atoms with E-state index >= 15 is 0 Å². The molecule has 106 valence electrons. The Morgan fingerprint density at radius 2 is 1.89 bits per heavy atom. The Labute approximate surface area is 115 Å². The monoisotopic (exact) mass is 282 g/mol. The molecule has 0 aliphatic heterocycles. The number of sulfone groups is 1. The van der Waals surface area contributed by atoms with Crippen LogP contribution in [-0.2, 0) is 9.84 Å². The Balaban J connectivity index is 1.89. The minimum atomic E-state index is -3.10. The molecule has 1 aromatic carbocycles. The maximum atomic E-state index is 11.4. The van der Waals surface area contributed by atoms with E-state index in [1.165, 1.54) is 19.1 Å². The van der Waals surface area contributed by atoms with Crippen LogP contribution in [-0.4, -0.2) is 45.2 Å². The summed E-state index contributed by atoms with van der Waals surface area (Å²) in [6, 6.07) is 8.16. The van der Waals surface area contributed by atoms with E-state index in [1.54, 1.807) is 12.1 Å². The standard InChI is InChI=1S/C14H22N2O2S/c1-11(16(2)13-6-7-13)10-15-12-4-8-14(9-5-12)19(3,17)18/h4-5,8-9,11,13,15H,6-7,10H2,1-3H3. The second-order valence-corrected chi connectivity index (χ2v) is 7.44. The highest BCUT2D eigenvalue weighted by molar-refractivity contribution is 7.90. The van der Waals surface area contributed by atoms with Crippen LogP contribution in [0.15, 0.2) is 29.2 Å². The zero-order valence-corrected chi connectivity index (χ0v) is 12.6. The van der Waals surface area contributed by atoms with Gasteiger partial charge in [-0.15, -0.1) is 0 Å². The van der Waals surface area contributed by atoms with Crippen LogP contribution >= 0.6 is 0 Å². The van der Waals surface area contributed by atoms with Crippen molar-refractivity contribution in [1.82, 2.24) is 4.90 Å². The molecule has 1 N–H and O–H groups in total. The summed E-state index contributed by atoms with van der Waals surface area (Å²) >= 11 is 0. The number of nitrogens with zero attached hydrogens (tertiary/aromatic N) is 1. The Morgan fingerprint density at radius 1 is 1.32 bits per heavy atom.